The Morgan fingerprint density at radius 2 is 2.22 bits per heavy atom. The van der Waals surface area contributed by atoms with Crippen molar-refractivity contribution in [2.24, 2.45) is 0 Å². The molecule has 2 aliphatic rings. The van der Waals surface area contributed by atoms with Gasteiger partial charge in [0.2, 0.25) is 5.91 Å². The maximum Gasteiger partial charge on any atom is 0.244 e. The van der Waals surface area contributed by atoms with Gasteiger partial charge in [0.05, 0.1) is 17.7 Å². The Morgan fingerprint density at radius 3 is 2.87 bits per heavy atom. The van der Waals surface area contributed by atoms with Crippen molar-refractivity contribution in [3.8, 4) is 0 Å². The summed E-state index contributed by atoms with van der Waals surface area (Å²) in [6.07, 6.45) is 3.83. The molecule has 0 bridgehead atoms. The third kappa shape index (κ3) is 3.42. The van der Waals surface area contributed by atoms with Crippen LogP contribution in [0.15, 0.2) is 29.8 Å². The topological polar surface area (TPSA) is 32.8 Å². The second-order valence-corrected chi connectivity index (χ2v) is 6.34. The van der Waals surface area contributed by atoms with E-state index in [1.54, 1.807) is 18.1 Å². The van der Waals surface area contributed by atoms with E-state index < -0.39 is 5.82 Å². The molecule has 0 aliphatic carbocycles. The van der Waals surface area contributed by atoms with Gasteiger partial charge in [0, 0.05) is 32.4 Å². The van der Waals surface area contributed by atoms with Crippen molar-refractivity contribution in [2.75, 3.05) is 38.3 Å². The minimum atomic E-state index is -0.495. The van der Waals surface area contributed by atoms with E-state index in [4.69, 9.17) is 16.3 Å². The zero-order chi connectivity index (χ0) is 16.4. The van der Waals surface area contributed by atoms with E-state index in [2.05, 4.69) is 11.0 Å². The average molecular weight is 339 g/mol. The lowest BCUT2D eigenvalue weighted by Crippen LogP contribution is -2.44. The predicted octanol–water partition coefficient (Wildman–Crippen LogP) is 2.86. The monoisotopic (exact) mass is 338 g/mol. The van der Waals surface area contributed by atoms with Gasteiger partial charge >= 0.3 is 0 Å². The molecule has 2 heterocycles. The molecule has 0 aromatic heterocycles. The van der Waals surface area contributed by atoms with Gasteiger partial charge in [-0.1, -0.05) is 17.7 Å². The van der Waals surface area contributed by atoms with Gasteiger partial charge in [0.25, 0.3) is 0 Å². The second kappa shape index (κ2) is 6.99. The van der Waals surface area contributed by atoms with Crippen molar-refractivity contribution in [2.45, 2.75) is 18.9 Å². The molecule has 4 nitrogen and oxygen atoms in total. The molecule has 6 heteroatoms. The van der Waals surface area contributed by atoms with Crippen molar-refractivity contribution >= 4 is 23.2 Å². The number of hydrogen-bond acceptors (Lipinski definition) is 3. The molecular formula is C17H20ClFN2O2. The maximum absolute atomic E-state index is 13.6. The summed E-state index contributed by atoms with van der Waals surface area (Å²) in [5.41, 5.74) is 1.86. The molecule has 1 aromatic carbocycles. The van der Waals surface area contributed by atoms with Gasteiger partial charge < -0.3 is 9.64 Å². The van der Waals surface area contributed by atoms with Gasteiger partial charge in [-0.05, 0) is 36.6 Å². The van der Waals surface area contributed by atoms with Crippen LogP contribution in [0.25, 0.3) is 0 Å². The number of benzene rings is 1. The Labute approximate surface area is 140 Å². The molecule has 0 saturated carbocycles. The van der Waals surface area contributed by atoms with Crippen LogP contribution in [-0.4, -0.2) is 50.2 Å². The van der Waals surface area contributed by atoms with E-state index in [9.17, 15) is 9.18 Å². The largest absolute Gasteiger partial charge is 0.380 e. The first-order chi connectivity index (χ1) is 11.1. The van der Waals surface area contributed by atoms with Crippen molar-refractivity contribution < 1.29 is 13.9 Å². The number of amides is 1. The van der Waals surface area contributed by atoms with Crippen molar-refractivity contribution in [1.29, 1.82) is 0 Å². The Kier molecular flexibility index (Phi) is 4.99. The van der Waals surface area contributed by atoms with Crippen LogP contribution in [-0.2, 0) is 9.53 Å². The van der Waals surface area contributed by atoms with E-state index in [-0.39, 0.29) is 17.0 Å². The van der Waals surface area contributed by atoms with Crippen LogP contribution in [0.1, 0.15) is 12.8 Å². The summed E-state index contributed by atoms with van der Waals surface area (Å²) in [5, 5.41) is 0.0730. The summed E-state index contributed by atoms with van der Waals surface area (Å²) in [5.74, 6) is -0.458. The number of anilines is 1. The first-order valence-corrected chi connectivity index (χ1v) is 8.15. The summed E-state index contributed by atoms with van der Waals surface area (Å²) in [6, 6.07) is 4.38. The molecule has 0 radical (unpaired) electrons. The molecule has 1 amide bonds. The highest BCUT2D eigenvalue weighted by Gasteiger charge is 2.37. The number of halogens is 2. The van der Waals surface area contributed by atoms with Gasteiger partial charge in [-0.25, -0.2) is 4.39 Å². The standard InChI is InChI=1S/C17H20ClFN2O2/c1-23-11-12-4-7-20(8-5-12)16-6-9-21(17(16)22)13-2-3-14(18)15(19)10-13/h2-4,10,16H,5-9,11H2,1H3. The zero-order valence-corrected chi connectivity index (χ0v) is 13.9. The Hall–Kier alpha value is -1.43. The lowest BCUT2D eigenvalue weighted by molar-refractivity contribution is -0.121. The van der Waals surface area contributed by atoms with Gasteiger partial charge in [-0.2, -0.15) is 0 Å². The second-order valence-electron chi connectivity index (χ2n) is 5.93. The number of carbonyl (C=O) groups is 1. The maximum atomic E-state index is 13.6. The number of hydrogen-bond donors (Lipinski definition) is 0. The molecule has 0 N–H and O–H groups in total. The molecule has 1 unspecified atom stereocenters. The van der Waals surface area contributed by atoms with E-state index >= 15 is 0 Å². The van der Waals surface area contributed by atoms with Crippen LogP contribution in [0.2, 0.25) is 5.02 Å². The lowest BCUT2D eigenvalue weighted by atomic mass is 10.1. The summed E-state index contributed by atoms with van der Waals surface area (Å²) < 4.78 is 18.8. The van der Waals surface area contributed by atoms with E-state index in [1.165, 1.54) is 17.7 Å². The molecule has 1 saturated heterocycles. The van der Waals surface area contributed by atoms with Gasteiger partial charge in [0.1, 0.15) is 5.82 Å². The van der Waals surface area contributed by atoms with Crippen LogP contribution in [0.5, 0.6) is 0 Å². The highest BCUT2D eigenvalue weighted by Crippen LogP contribution is 2.28. The van der Waals surface area contributed by atoms with Crippen LogP contribution in [0.3, 0.4) is 0 Å². The highest BCUT2D eigenvalue weighted by molar-refractivity contribution is 6.30. The molecule has 2 aliphatic heterocycles. The SMILES string of the molecule is COCC1=CCN(C2CCN(c3ccc(Cl)c(F)c3)C2=O)CC1. The van der Waals surface area contributed by atoms with Crippen molar-refractivity contribution in [1.82, 2.24) is 4.90 Å². The number of nitrogens with zero attached hydrogens (tertiary/aromatic N) is 2. The molecule has 1 fully saturated rings. The molecule has 3 rings (SSSR count). The third-order valence-corrected chi connectivity index (χ3v) is 4.80. The minimum Gasteiger partial charge on any atom is -0.380 e. The summed E-state index contributed by atoms with van der Waals surface area (Å²) >= 11 is 5.71. The van der Waals surface area contributed by atoms with Crippen LogP contribution >= 0.6 is 11.6 Å². The summed E-state index contributed by atoms with van der Waals surface area (Å²) in [6.45, 7) is 2.88. The molecule has 124 valence electrons. The van der Waals surface area contributed by atoms with Gasteiger partial charge in [-0.3, -0.25) is 9.69 Å². The predicted molar refractivity (Wildman–Crippen MR) is 88.3 cm³/mol. The van der Waals surface area contributed by atoms with E-state index in [0.29, 0.717) is 18.8 Å². The van der Waals surface area contributed by atoms with E-state index in [1.807, 2.05) is 0 Å². The fraction of sp³-hybridized carbons (Fsp3) is 0.471. The Morgan fingerprint density at radius 1 is 1.39 bits per heavy atom. The van der Waals surface area contributed by atoms with Crippen LogP contribution < -0.4 is 4.90 Å². The summed E-state index contributed by atoms with van der Waals surface area (Å²) in [4.78, 5) is 16.5. The molecular weight excluding hydrogens is 319 g/mol. The number of ether oxygens (including phenoxy) is 1. The van der Waals surface area contributed by atoms with Crippen LogP contribution in [0, 0.1) is 5.82 Å². The lowest BCUT2D eigenvalue weighted by Gasteiger charge is -2.30. The normalized spacial score (nSPS) is 22.6. The highest BCUT2D eigenvalue weighted by atomic mass is 35.5. The fourth-order valence-corrected chi connectivity index (χ4v) is 3.36. The average Bonchev–Trinajstić information content (AvgIpc) is 2.93. The smallest absolute Gasteiger partial charge is 0.244 e. The molecule has 0 spiro atoms. The van der Waals surface area contributed by atoms with Gasteiger partial charge in [0.15, 0.2) is 0 Å². The Bertz CT molecular complexity index is 635. The van der Waals surface area contributed by atoms with Gasteiger partial charge in [-0.15, -0.1) is 0 Å². The third-order valence-electron chi connectivity index (χ3n) is 4.50. The first kappa shape index (κ1) is 16.4. The quantitative estimate of drug-likeness (QED) is 0.791. The molecule has 1 atom stereocenters. The summed E-state index contributed by atoms with van der Waals surface area (Å²) in [7, 11) is 1.69. The van der Waals surface area contributed by atoms with E-state index in [0.717, 1.165) is 25.9 Å². The minimum absolute atomic E-state index is 0.0373. The fourth-order valence-electron chi connectivity index (χ4n) is 3.24. The van der Waals surface area contributed by atoms with Crippen LogP contribution in [0.4, 0.5) is 10.1 Å². The zero-order valence-electron chi connectivity index (χ0n) is 13.1. The number of rotatable bonds is 4. The first-order valence-electron chi connectivity index (χ1n) is 7.77. The Balaban J connectivity index is 1.68. The molecule has 1 aromatic rings. The van der Waals surface area contributed by atoms with Crippen molar-refractivity contribution in [3.63, 3.8) is 0 Å². The molecule has 23 heavy (non-hydrogen) atoms. The number of carbonyl (C=O) groups excluding carboxylic acids is 1. The van der Waals surface area contributed by atoms with Crippen molar-refractivity contribution in [3.05, 3.63) is 40.7 Å². The number of methoxy groups -OCH3 is 1.